The molecule has 1 aromatic carbocycles. The van der Waals surface area contributed by atoms with Crippen LogP contribution in [0.4, 0.5) is 17.2 Å². The zero-order valence-corrected chi connectivity index (χ0v) is 20.4. The number of benzene rings is 1. The van der Waals surface area contributed by atoms with Crippen molar-refractivity contribution in [2.75, 3.05) is 5.32 Å². The van der Waals surface area contributed by atoms with Gasteiger partial charge in [0.1, 0.15) is 18.2 Å². The summed E-state index contributed by atoms with van der Waals surface area (Å²) in [6, 6.07) is 5.13. The number of nitrogens with zero attached hydrogens (tertiary/aromatic N) is 4. The van der Waals surface area contributed by atoms with Crippen LogP contribution in [0.1, 0.15) is 50.5 Å². The minimum Gasteiger partial charge on any atom is -0.473 e. The summed E-state index contributed by atoms with van der Waals surface area (Å²) in [4.78, 5) is 12.2. The van der Waals surface area contributed by atoms with E-state index in [1.165, 1.54) is 6.33 Å². The highest BCUT2D eigenvalue weighted by atomic mass is 35.5. The molecule has 8 nitrogen and oxygen atoms in total. The number of halogens is 1. The van der Waals surface area contributed by atoms with Gasteiger partial charge >= 0.3 is 0 Å². The third-order valence-corrected chi connectivity index (χ3v) is 10.7. The molecule has 2 saturated carbocycles. The van der Waals surface area contributed by atoms with Crippen LogP contribution in [0.5, 0.6) is 5.88 Å². The van der Waals surface area contributed by atoms with Crippen molar-refractivity contribution in [2.45, 2.75) is 75.3 Å². The lowest BCUT2D eigenvalue weighted by Gasteiger charge is -2.44. The van der Waals surface area contributed by atoms with E-state index in [0.717, 1.165) is 44.1 Å². The van der Waals surface area contributed by atoms with Gasteiger partial charge < -0.3 is 10.1 Å². The van der Waals surface area contributed by atoms with E-state index in [2.05, 4.69) is 20.1 Å². The molecule has 2 aliphatic carbocycles. The Morgan fingerprint density at radius 1 is 1.24 bits per heavy atom. The van der Waals surface area contributed by atoms with Gasteiger partial charge in [-0.2, -0.15) is 4.31 Å². The summed E-state index contributed by atoms with van der Waals surface area (Å²) in [6.45, 7) is 9.03. The van der Waals surface area contributed by atoms with Crippen molar-refractivity contribution in [3.8, 4) is 5.88 Å². The Kier molecular flexibility index (Phi) is 5.07. The van der Waals surface area contributed by atoms with Crippen molar-refractivity contribution in [1.82, 2.24) is 14.3 Å². The number of hydrogen-bond donors (Lipinski definition) is 1. The molecule has 2 aliphatic heterocycles. The largest absolute Gasteiger partial charge is 0.473 e. The minimum absolute atomic E-state index is 0.0198. The van der Waals surface area contributed by atoms with Gasteiger partial charge in [0.05, 0.1) is 28.1 Å². The molecule has 0 radical (unpaired) electrons. The third kappa shape index (κ3) is 3.46. The Balaban J connectivity index is 1.24. The zero-order chi connectivity index (χ0) is 23.7. The summed E-state index contributed by atoms with van der Waals surface area (Å²) < 4.78 is 34.7. The topological polar surface area (TPSA) is 88.8 Å². The lowest BCUT2D eigenvalue weighted by atomic mass is 9.85. The third-order valence-electron chi connectivity index (χ3n) is 7.92. The van der Waals surface area contributed by atoms with Crippen LogP contribution in [0, 0.1) is 18.9 Å². The van der Waals surface area contributed by atoms with Gasteiger partial charge in [0.25, 0.3) is 0 Å². The molecule has 2 bridgehead atoms. The molecule has 1 N–H and O–H groups in total. The van der Waals surface area contributed by atoms with Crippen LogP contribution >= 0.6 is 11.6 Å². The average molecular weight is 500 g/mol. The van der Waals surface area contributed by atoms with Gasteiger partial charge in [0.15, 0.2) is 5.69 Å². The number of nitrogens with one attached hydrogen (secondary N) is 1. The molecule has 34 heavy (non-hydrogen) atoms. The predicted molar refractivity (Wildman–Crippen MR) is 129 cm³/mol. The van der Waals surface area contributed by atoms with Crippen LogP contribution in [0.3, 0.4) is 0 Å². The number of hydrogen-bond acceptors (Lipinski definition) is 6. The van der Waals surface area contributed by atoms with Gasteiger partial charge in [0.2, 0.25) is 15.9 Å². The average Bonchev–Trinajstić information content (AvgIpc) is 3.74. The van der Waals surface area contributed by atoms with Crippen LogP contribution in [-0.4, -0.2) is 46.1 Å². The molecular formula is C24H26ClN5O3S. The van der Waals surface area contributed by atoms with Crippen molar-refractivity contribution in [1.29, 1.82) is 0 Å². The second kappa shape index (κ2) is 7.80. The van der Waals surface area contributed by atoms with E-state index < -0.39 is 10.0 Å². The van der Waals surface area contributed by atoms with Gasteiger partial charge in [-0.3, -0.25) is 0 Å². The zero-order valence-electron chi connectivity index (χ0n) is 18.9. The molecule has 2 aromatic rings. The number of ether oxygens (including phenoxy) is 1. The van der Waals surface area contributed by atoms with Crippen molar-refractivity contribution < 1.29 is 13.2 Å². The summed E-state index contributed by atoms with van der Waals surface area (Å²) in [5, 5.41) is 3.50. The minimum atomic E-state index is -3.20. The number of aromatic nitrogens is 2. The molecule has 4 aliphatic rings. The van der Waals surface area contributed by atoms with Gasteiger partial charge in [0, 0.05) is 23.9 Å². The Morgan fingerprint density at radius 2 is 2.03 bits per heavy atom. The first-order valence-corrected chi connectivity index (χ1v) is 13.7. The Labute approximate surface area is 204 Å². The fourth-order valence-electron chi connectivity index (χ4n) is 5.82. The van der Waals surface area contributed by atoms with Gasteiger partial charge in [-0.1, -0.05) is 17.7 Å². The maximum Gasteiger partial charge on any atom is 0.221 e. The fourth-order valence-corrected chi connectivity index (χ4v) is 8.40. The first-order chi connectivity index (χ1) is 16.3. The van der Waals surface area contributed by atoms with E-state index in [9.17, 15) is 8.42 Å². The SMILES string of the molecule is [C-]#[N+]c1ccc(Nc2ncnc(OC3CC4CCC(N4S(=O)(=O)C4CC4)C34CC4)c2C)c(Cl)c1. The molecule has 2 saturated heterocycles. The molecule has 3 heterocycles. The number of rotatable bonds is 6. The molecule has 6 rings (SSSR count). The lowest BCUT2D eigenvalue weighted by molar-refractivity contribution is 0.0149. The highest BCUT2D eigenvalue weighted by Gasteiger charge is 2.67. The van der Waals surface area contributed by atoms with Crippen LogP contribution in [-0.2, 0) is 10.0 Å². The number of sulfonamides is 1. The lowest BCUT2D eigenvalue weighted by Crippen LogP contribution is -2.56. The Hall–Kier alpha value is -2.41. The van der Waals surface area contributed by atoms with Crippen molar-refractivity contribution >= 4 is 38.8 Å². The van der Waals surface area contributed by atoms with E-state index in [1.807, 2.05) is 11.2 Å². The molecule has 3 unspecified atom stereocenters. The summed E-state index contributed by atoms with van der Waals surface area (Å²) in [7, 11) is -3.20. The van der Waals surface area contributed by atoms with E-state index in [0.29, 0.717) is 34.5 Å². The number of anilines is 2. The van der Waals surface area contributed by atoms with Crippen LogP contribution in [0.15, 0.2) is 24.5 Å². The maximum atomic E-state index is 13.2. The van der Waals surface area contributed by atoms with E-state index in [-0.39, 0.29) is 28.9 Å². The summed E-state index contributed by atoms with van der Waals surface area (Å²) in [5.74, 6) is 1.10. The molecule has 178 valence electrons. The highest BCUT2D eigenvalue weighted by molar-refractivity contribution is 7.90. The number of piperidine rings is 1. The smallest absolute Gasteiger partial charge is 0.221 e. The summed E-state index contributed by atoms with van der Waals surface area (Å²) in [5.41, 5.74) is 1.78. The van der Waals surface area contributed by atoms with Crippen molar-refractivity contribution in [3.05, 3.63) is 46.5 Å². The standard InChI is InChI=1S/C24H26ClN5O3S/c1-14-22(29-19-7-3-15(26-2)11-18(19)25)27-13-28-23(14)33-21-12-16-4-8-20(24(21)9-10-24)30(16)34(31,32)17-5-6-17/h3,7,11,13,16-17,20-21H,4-6,8-10,12H2,1H3,(H,27,28,29). The predicted octanol–water partition coefficient (Wildman–Crippen LogP) is 4.99. The van der Waals surface area contributed by atoms with Gasteiger partial charge in [-0.15, -0.1) is 0 Å². The molecule has 0 amide bonds. The molecule has 1 spiro atoms. The maximum absolute atomic E-state index is 13.2. The van der Waals surface area contributed by atoms with Crippen LogP contribution < -0.4 is 10.1 Å². The molecule has 4 fully saturated rings. The monoisotopic (exact) mass is 499 g/mol. The van der Waals surface area contributed by atoms with Gasteiger partial charge in [-0.05, 0) is 57.6 Å². The molecular weight excluding hydrogens is 474 g/mol. The molecule has 1 aromatic heterocycles. The van der Waals surface area contributed by atoms with Crippen LogP contribution in [0.2, 0.25) is 5.02 Å². The summed E-state index contributed by atoms with van der Waals surface area (Å²) in [6.07, 6.45) is 7.52. The normalized spacial score (nSPS) is 27.4. The van der Waals surface area contributed by atoms with E-state index in [4.69, 9.17) is 22.9 Å². The molecule has 10 heteroatoms. The van der Waals surface area contributed by atoms with E-state index >= 15 is 0 Å². The quantitative estimate of drug-likeness (QED) is 0.563. The Bertz CT molecular complexity index is 1300. The fraction of sp³-hybridized carbons (Fsp3) is 0.542. The summed E-state index contributed by atoms with van der Waals surface area (Å²) >= 11 is 6.33. The van der Waals surface area contributed by atoms with Crippen molar-refractivity contribution in [2.24, 2.45) is 5.41 Å². The van der Waals surface area contributed by atoms with Gasteiger partial charge in [-0.25, -0.2) is 23.2 Å². The highest BCUT2D eigenvalue weighted by Crippen LogP contribution is 2.63. The molecule has 3 atom stereocenters. The van der Waals surface area contributed by atoms with Crippen LogP contribution in [0.25, 0.3) is 4.85 Å². The first kappa shape index (κ1) is 22.1. The Morgan fingerprint density at radius 3 is 2.71 bits per heavy atom. The second-order valence-electron chi connectivity index (χ2n) is 9.95. The number of fused-ring (bicyclic) bond motifs is 3. The second-order valence-corrected chi connectivity index (χ2v) is 12.5. The first-order valence-electron chi connectivity index (χ1n) is 11.8. The van der Waals surface area contributed by atoms with E-state index in [1.54, 1.807) is 18.2 Å². The van der Waals surface area contributed by atoms with Crippen molar-refractivity contribution in [3.63, 3.8) is 0 Å².